The number of carbonyl (C=O) groups is 2. The highest BCUT2D eigenvalue weighted by atomic mass is 19.1. The first-order chi connectivity index (χ1) is 21.8. The molecule has 45 heavy (non-hydrogen) atoms. The molecule has 3 atom stereocenters. The van der Waals surface area contributed by atoms with Gasteiger partial charge in [0.2, 0.25) is 5.91 Å². The number of hydrogen-bond donors (Lipinski definition) is 2. The Morgan fingerprint density at radius 1 is 0.889 bits per heavy atom. The third-order valence-corrected chi connectivity index (χ3v) is 8.26. The Bertz CT molecular complexity index is 1610. The molecule has 2 saturated heterocycles. The van der Waals surface area contributed by atoms with Crippen LogP contribution in [0, 0.1) is 17.6 Å². The summed E-state index contributed by atoms with van der Waals surface area (Å²) < 4.78 is 45.3. The number of halogens is 2. The van der Waals surface area contributed by atoms with Gasteiger partial charge in [0, 0.05) is 17.7 Å². The average molecular weight is 615 g/mol. The molecular weight excluding hydrogens is 582 g/mol. The molecule has 4 aromatic carbocycles. The Kier molecular flexibility index (Phi) is 8.77. The lowest BCUT2D eigenvalue weighted by Gasteiger charge is -2.35. The summed E-state index contributed by atoms with van der Waals surface area (Å²) in [7, 11) is 0. The van der Waals surface area contributed by atoms with Gasteiger partial charge in [-0.2, -0.15) is 0 Å². The third-order valence-electron chi connectivity index (χ3n) is 8.26. The summed E-state index contributed by atoms with van der Waals surface area (Å²) in [4.78, 5) is 29.0. The topological polar surface area (TPSA) is 97.3 Å². The average Bonchev–Trinajstić information content (AvgIpc) is 3.70. The molecule has 8 nitrogen and oxygen atoms in total. The minimum Gasteiger partial charge on any atom is -0.508 e. The number of hydrogen-bond acceptors (Lipinski definition) is 7. The number of phenols is 1. The van der Waals surface area contributed by atoms with E-state index in [1.165, 1.54) is 36.4 Å². The molecule has 0 aromatic heterocycles. The van der Waals surface area contributed by atoms with Crippen molar-refractivity contribution in [3.05, 3.63) is 131 Å². The van der Waals surface area contributed by atoms with Gasteiger partial charge in [-0.25, -0.2) is 18.5 Å². The number of amides is 2. The van der Waals surface area contributed by atoms with Crippen LogP contribution in [0.25, 0.3) is 0 Å². The summed E-state index contributed by atoms with van der Waals surface area (Å²) in [5.74, 6) is -3.44. The molecule has 0 radical (unpaired) electrons. The zero-order valence-corrected chi connectivity index (χ0v) is 24.3. The monoisotopic (exact) mass is 614 g/mol. The molecule has 232 valence electrons. The van der Waals surface area contributed by atoms with Crippen LogP contribution in [-0.4, -0.2) is 41.8 Å². The number of nitrogens with one attached hydrogen (secondary N) is 1. The van der Waals surface area contributed by atoms with Gasteiger partial charge in [0.1, 0.15) is 30.0 Å². The van der Waals surface area contributed by atoms with Gasteiger partial charge < -0.3 is 24.6 Å². The van der Waals surface area contributed by atoms with Gasteiger partial charge in [-0.3, -0.25) is 4.79 Å². The highest BCUT2D eigenvalue weighted by molar-refractivity contribution is 5.95. The zero-order chi connectivity index (χ0) is 31.4. The molecule has 2 fully saturated rings. The first-order valence-corrected chi connectivity index (χ1v) is 14.7. The smallest absolute Gasteiger partial charge is 0.417 e. The molecule has 0 spiro atoms. The normalized spacial score (nSPS) is 18.8. The number of benzene rings is 4. The first kappa shape index (κ1) is 30.2. The van der Waals surface area contributed by atoms with Crippen molar-refractivity contribution in [2.24, 2.45) is 5.92 Å². The van der Waals surface area contributed by atoms with Gasteiger partial charge in [0.05, 0.1) is 25.2 Å². The van der Waals surface area contributed by atoms with Crippen molar-refractivity contribution in [1.82, 2.24) is 4.90 Å². The molecule has 2 amide bonds. The fourth-order valence-corrected chi connectivity index (χ4v) is 5.98. The van der Waals surface area contributed by atoms with E-state index >= 15 is 0 Å². The predicted molar refractivity (Wildman–Crippen MR) is 161 cm³/mol. The number of cyclic esters (lactones) is 1. The maximum atomic E-state index is 14.7. The fraction of sp³-hybridized carbons (Fsp3) is 0.257. The van der Waals surface area contributed by atoms with E-state index in [0.717, 1.165) is 10.5 Å². The van der Waals surface area contributed by atoms with E-state index in [0.29, 0.717) is 30.0 Å². The third kappa shape index (κ3) is 6.52. The van der Waals surface area contributed by atoms with Crippen LogP contribution in [0.5, 0.6) is 5.75 Å². The molecule has 0 aliphatic carbocycles. The summed E-state index contributed by atoms with van der Waals surface area (Å²) in [5, 5.41) is 13.4. The van der Waals surface area contributed by atoms with Gasteiger partial charge >= 0.3 is 6.09 Å². The predicted octanol–water partition coefficient (Wildman–Crippen LogP) is 6.84. The standard InChI is InChI=1S/C35H32F2N2O6/c36-26-10-8-25(9-11-26)35(44-20-21-45-35)19-18-30(33(41)39-31(22-43-34(39)42)23-4-2-1-3-5-23)32(24-6-16-29(40)17-7-24)38-28-14-12-27(37)13-15-28/h1-17,30-32,38,40H,18-22H2/t30-,31+,32-/m0/s1. The van der Waals surface area contributed by atoms with Crippen molar-refractivity contribution >= 4 is 17.7 Å². The SMILES string of the molecule is O=C1OC[C@H](c2ccccc2)N1C(=O)[C@@H](CCC1(c2ccc(F)cc2)OCCO1)[C@@H](Nc1ccc(F)cc1)c1ccc(O)cc1. The van der Waals surface area contributed by atoms with E-state index in [-0.39, 0.29) is 25.2 Å². The van der Waals surface area contributed by atoms with Crippen LogP contribution in [0.2, 0.25) is 0 Å². The highest BCUT2D eigenvalue weighted by Crippen LogP contribution is 2.42. The van der Waals surface area contributed by atoms with Gasteiger partial charge in [0.25, 0.3) is 0 Å². The summed E-state index contributed by atoms with van der Waals surface area (Å²) in [5.41, 5.74) is 2.53. The molecule has 6 rings (SSSR count). The van der Waals surface area contributed by atoms with E-state index in [1.54, 1.807) is 36.4 Å². The lowest BCUT2D eigenvalue weighted by Crippen LogP contribution is -2.43. The second kappa shape index (κ2) is 13.1. The summed E-state index contributed by atoms with van der Waals surface area (Å²) in [6, 6.07) is 25.7. The minimum absolute atomic E-state index is 0.00229. The van der Waals surface area contributed by atoms with Crippen LogP contribution in [0.4, 0.5) is 19.3 Å². The number of rotatable bonds is 10. The van der Waals surface area contributed by atoms with Crippen molar-refractivity contribution in [3.8, 4) is 5.75 Å². The van der Waals surface area contributed by atoms with E-state index in [4.69, 9.17) is 14.2 Å². The van der Waals surface area contributed by atoms with Crippen LogP contribution >= 0.6 is 0 Å². The second-order valence-corrected chi connectivity index (χ2v) is 11.0. The van der Waals surface area contributed by atoms with Crippen molar-refractivity contribution in [1.29, 1.82) is 0 Å². The molecule has 2 aliphatic heterocycles. The van der Waals surface area contributed by atoms with Crippen molar-refractivity contribution in [3.63, 3.8) is 0 Å². The van der Waals surface area contributed by atoms with E-state index in [1.807, 2.05) is 30.3 Å². The van der Waals surface area contributed by atoms with Gasteiger partial charge in [0.15, 0.2) is 5.79 Å². The minimum atomic E-state index is -1.24. The molecule has 0 unspecified atom stereocenters. The Labute approximate surface area is 259 Å². The number of phenolic OH excluding ortho intramolecular Hbond substituents is 1. The number of carbonyl (C=O) groups excluding carboxylic acids is 2. The van der Waals surface area contributed by atoms with Crippen LogP contribution < -0.4 is 5.32 Å². The van der Waals surface area contributed by atoms with Crippen molar-refractivity contribution in [2.45, 2.75) is 30.7 Å². The fourth-order valence-electron chi connectivity index (χ4n) is 5.98. The first-order valence-electron chi connectivity index (χ1n) is 14.7. The van der Waals surface area contributed by atoms with E-state index in [9.17, 15) is 23.5 Å². The molecule has 4 aromatic rings. The van der Waals surface area contributed by atoms with E-state index < -0.39 is 47.4 Å². The van der Waals surface area contributed by atoms with Crippen LogP contribution in [0.3, 0.4) is 0 Å². The Balaban J connectivity index is 1.41. The summed E-state index contributed by atoms with van der Waals surface area (Å²) in [6.07, 6.45) is -0.416. The zero-order valence-electron chi connectivity index (χ0n) is 24.3. The van der Waals surface area contributed by atoms with Gasteiger partial charge in [-0.05, 0) is 66.1 Å². The Morgan fingerprint density at radius 3 is 2.16 bits per heavy atom. The lowest BCUT2D eigenvalue weighted by molar-refractivity contribution is -0.174. The van der Waals surface area contributed by atoms with E-state index in [2.05, 4.69) is 5.32 Å². The number of ether oxygens (including phenoxy) is 3. The lowest BCUT2D eigenvalue weighted by atomic mass is 9.84. The van der Waals surface area contributed by atoms with Crippen LogP contribution in [0.1, 0.15) is 41.6 Å². The molecule has 2 heterocycles. The maximum absolute atomic E-state index is 14.7. The van der Waals surface area contributed by atoms with Gasteiger partial charge in [-0.15, -0.1) is 0 Å². The number of anilines is 1. The molecular formula is C35H32F2N2O6. The maximum Gasteiger partial charge on any atom is 0.417 e. The molecule has 2 N–H and O–H groups in total. The number of imide groups is 1. The second-order valence-electron chi connectivity index (χ2n) is 11.0. The highest BCUT2D eigenvalue weighted by Gasteiger charge is 2.46. The Morgan fingerprint density at radius 2 is 1.51 bits per heavy atom. The number of nitrogens with zero attached hydrogens (tertiary/aromatic N) is 1. The quantitative estimate of drug-likeness (QED) is 0.202. The summed E-state index contributed by atoms with van der Waals surface area (Å²) >= 11 is 0. The van der Waals surface area contributed by atoms with Crippen LogP contribution in [-0.2, 0) is 24.8 Å². The number of aromatic hydroxyl groups is 1. The Hall–Kier alpha value is -4.80. The van der Waals surface area contributed by atoms with Crippen LogP contribution in [0.15, 0.2) is 103 Å². The molecule has 10 heteroatoms. The van der Waals surface area contributed by atoms with Gasteiger partial charge in [-0.1, -0.05) is 54.6 Å². The molecule has 0 bridgehead atoms. The van der Waals surface area contributed by atoms with Crippen molar-refractivity contribution < 1.29 is 37.7 Å². The molecule has 2 aliphatic rings. The van der Waals surface area contributed by atoms with Crippen molar-refractivity contribution in [2.75, 3.05) is 25.1 Å². The summed E-state index contributed by atoms with van der Waals surface area (Å²) in [6.45, 7) is 0.613. The largest absolute Gasteiger partial charge is 0.508 e. The molecule has 0 saturated carbocycles.